The van der Waals surface area contributed by atoms with Gasteiger partial charge < -0.3 is 15.5 Å². The molecule has 0 aliphatic heterocycles. The number of carbonyl (C=O) groups is 1. The predicted molar refractivity (Wildman–Crippen MR) is 70.4 cm³/mol. The molecule has 0 fully saturated rings. The summed E-state index contributed by atoms with van der Waals surface area (Å²) in [6, 6.07) is 9.19. The van der Waals surface area contributed by atoms with Crippen LogP contribution in [0.3, 0.4) is 0 Å². The second-order valence-electron chi connectivity index (χ2n) is 4.28. The van der Waals surface area contributed by atoms with Crippen molar-refractivity contribution in [1.82, 2.24) is 0 Å². The lowest BCUT2D eigenvalue weighted by atomic mass is 10.1. The molecule has 0 aliphatic rings. The zero-order valence-electron chi connectivity index (χ0n) is 10.4. The van der Waals surface area contributed by atoms with Crippen molar-refractivity contribution >= 4 is 11.6 Å². The molecule has 1 unspecified atom stereocenters. The molecular formula is C14H16N2O2. The molecule has 3 N–H and O–H groups in total. The Morgan fingerprint density at radius 3 is 2.72 bits per heavy atom. The smallest absolute Gasteiger partial charge is 0.248 e. The van der Waals surface area contributed by atoms with Gasteiger partial charge in [-0.1, -0.05) is 0 Å². The minimum absolute atomic E-state index is 0.0677. The Balaban J connectivity index is 2.17. The van der Waals surface area contributed by atoms with Crippen molar-refractivity contribution in [2.75, 3.05) is 5.32 Å². The first-order valence-electron chi connectivity index (χ1n) is 5.78. The van der Waals surface area contributed by atoms with E-state index in [0.29, 0.717) is 5.56 Å². The highest BCUT2D eigenvalue weighted by Crippen LogP contribution is 2.23. The van der Waals surface area contributed by atoms with Crippen LogP contribution < -0.4 is 11.1 Å². The van der Waals surface area contributed by atoms with Gasteiger partial charge >= 0.3 is 0 Å². The van der Waals surface area contributed by atoms with Crippen molar-refractivity contribution in [1.29, 1.82) is 0 Å². The van der Waals surface area contributed by atoms with Gasteiger partial charge in [-0.15, -0.1) is 0 Å². The molecule has 1 aromatic carbocycles. The van der Waals surface area contributed by atoms with Crippen molar-refractivity contribution in [2.45, 2.75) is 19.9 Å². The van der Waals surface area contributed by atoms with Crippen LogP contribution in [0, 0.1) is 6.92 Å². The van der Waals surface area contributed by atoms with Crippen molar-refractivity contribution in [2.24, 2.45) is 5.73 Å². The van der Waals surface area contributed by atoms with Gasteiger partial charge in [-0.25, -0.2) is 0 Å². The number of benzene rings is 1. The maximum Gasteiger partial charge on any atom is 0.248 e. The lowest BCUT2D eigenvalue weighted by molar-refractivity contribution is 0.1000. The number of furan rings is 1. The van der Waals surface area contributed by atoms with Gasteiger partial charge in [0.15, 0.2) is 0 Å². The third-order valence-corrected chi connectivity index (χ3v) is 2.85. The van der Waals surface area contributed by atoms with Crippen LogP contribution in [0.25, 0.3) is 0 Å². The van der Waals surface area contributed by atoms with Crippen LogP contribution in [-0.2, 0) is 0 Å². The second-order valence-corrected chi connectivity index (χ2v) is 4.28. The average molecular weight is 244 g/mol. The number of nitrogens with two attached hydrogens (primary N) is 1. The van der Waals surface area contributed by atoms with Gasteiger partial charge in [-0.2, -0.15) is 0 Å². The van der Waals surface area contributed by atoms with Gasteiger partial charge in [-0.05, 0) is 49.7 Å². The normalized spacial score (nSPS) is 12.1. The lowest BCUT2D eigenvalue weighted by Crippen LogP contribution is -2.12. The highest BCUT2D eigenvalue weighted by Gasteiger charge is 2.10. The summed E-state index contributed by atoms with van der Waals surface area (Å²) in [4.78, 5) is 11.1. The molecule has 4 nitrogen and oxygen atoms in total. The van der Waals surface area contributed by atoms with Gasteiger partial charge in [0.2, 0.25) is 5.91 Å². The highest BCUT2D eigenvalue weighted by molar-refractivity contribution is 5.93. The number of amides is 1. The largest absolute Gasteiger partial charge is 0.467 e. The number of aryl methyl sites for hydroxylation is 1. The van der Waals surface area contributed by atoms with Crippen molar-refractivity contribution in [3.63, 3.8) is 0 Å². The van der Waals surface area contributed by atoms with E-state index in [2.05, 4.69) is 5.32 Å². The lowest BCUT2D eigenvalue weighted by Gasteiger charge is -2.15. The molecule has 1 atom stereocenters. The first-order chi connectivity index (χ1) is 8.58. The molecule has 0 spiro atoms. The first-order valence-corrected chi connectivity index (χ1v) is 5.78. The topological polar surface area (TPSA) is 68.3 Å². The summed E-state index contributed by atoms with van der Waals surface area (Å²) in [6.07, 6.45) is 1.65. The first kappa shape index (κ1) is 12.2. The molecule has 0 aliphatic carbocycles. The summed E-state index contributed by atoms with van der Waals surface area (Å²) in [7, 11) is 0. The molecule has 0 radical (unpaired) electrons. The monoisotopic (exact) mass is 244 g/mol. The zero-order valence-corrected chi connectivity index (χ0v) is 10.4. The number of primary amides is 1. The fourth-order valence-electron chi connectivity index (χ4n) is 1.82. The van der Waals surface area contributed by atoms with Gasteiger partial charge in [-0.3, -0.25) is 4.79 Å². The van der Waals surface area contributed by atoms with Crippen LogP contribution in [0.5, 0.6) is 0 Å². The molecule has 94 valence electrons. The molecule has 1 heterocycles. The highest BCUT2D eigenvalue weighted by atomic mass is 16.3. The molecule has 0 saturated heterocycles. The molecule has 0 saturated carbocycles. The summed E-state index contributed by atoms with van der Waals surface area (Å²) in [5.74, 6) is 0.456. The van der Waals surface area contributed by atoms with Crippen LogP contribution in [0.15, 0.2) is 41.0 Å². The Labute approximate surface area is 106 Å². The number of carbonyl (C=O) groups excluding carboxylic acids is 1. The van der Waals surface area contributed by atoms with Crippen molar-refractivity contribution in [3.8, 4) is 0 Å². The molecule has 18 heavy (non-hydrogen) atoms. The zero-order chi connectivity index (χ0) is 13.1. The molecule has 2 rings (SSSR count). The maximum atomic E-state index is 11.1. The van der Waals surface area contributed by atoms with E-state index >= 15 is 0 Å². The number of nitrogens with one attached hydrogen (secondary N) is 1. The summed E-state index contributed by atoms with van der Waals surface area (Å²) in [6.45, 7) is 3.95. The molecule has 4 heteroatoms. The van der Waals surface area contributed by atoms with E-state index in [-0.39, 0.29) is 6.04 Å². The Morgan fingerprint density at radius 1 is 1.39 bits per heavy atom. The van der Waals surface area contributed by atoms with E-state index in [1.807, 2.05) is 32.0 Å². The Hall–Kier alpha value is -2.23. The van der Waals surface area contributed by atoms with Crippen LogP contribution >= 0.6 is 0 Å². The van der Waals surface area contributed by atoms with Crippen LogP contribution in [0.4, 0.5) is 5.69 Å². The Bertz CT molecular complexity index is 547. The SMILES string of the molecule is Cc1cc(C(N)=O)ccc1NC(C)c1ccco1. The average Bonchev–Trinajstić information content (AvgIpc) is 2.85. The molecular weight excluding hydrogens is 228 g/mol. The number of hydrogen-bond donors (Lipinski definition) is 2. The van der Waals surface area contributed by atoms with Crippen LogP contribution in [0.1, 0.15) is 34.6 Å². The van der Waals surface area contributed by atoms with E-state index in [1.54, 1.807) is 18.4 Å². The number of rotatable bonds is 4. The molecule has 1 aromatic heterocycles. The summed E-state index contributed by atoms with van der Waals surface area (Å²) < 4.78 is 5.33. The van der Waals surface area contributed by atoms with E-state index in [9.17, 15) is 4.79 Å². The minimum Gasteiger partial charge on any atom is -0.467 e. The summed E-state index contributed by atoms with van der Waals surface area (Å²) >= 11 is 0. The Morgan fingerprint density at radius 2 is 2.17 bits per heavy atom. The summed E-state index contributed by atoms with van der Waals surface area (Å²) in [5, 5.41) is 3.33. The quantitative estimate of drug-likeness (QED) is 0.868. The second kappa shape index (κ2) is 4.96. The Kier molecular flexibility index (Phi) is 3.37. The third kappa shape index (κ3) is 2.53. The number of hydrogen-bond acceptors (Lipinski definition) is 3. The predicted octanol–water partition coefficient (Wildman–Crippen LogP) is 2.86. The van der Waals surface area contributed by atoms with Crippen molar-refractivity contribution in [3.05, 3.63) is 53.5 Å². The molecule has 1 amide bonds. The minimum atomic E-state index is -0.413. The van der Waals surface area contributed by atoms with Gasteiger partial charge in [0, 0.05) is 11.3 Å². The van der Waals surface area contributed by atoms with Gasteiger partial charge in [0.25, 0.3) is 0 Å². The van der Waals surface area contributed by atoms with Gasteiger partial charge in [0.1, 0.15) is 5.76 Å². The van der Waals surface area contributed by atoms with Crippen LogP contribution in [-0.4, -0.2) is 5.91 Å². The standard InChI is InChI=1S/C14H16N2O2/c1-9-8-11(14(15)17)5-6-12(9)16-10(2)13-4-3-7-18-13/h3-8,10,16H,1-2H3,(H2,15,17). The third-order valence-electron chi connectivity index (χ3n) is 2.85. The molecule has 0 bridgehead atoms. The maximum absolute atomic E-state index is 11.1. The fraction of sp³-hybridized carbons (Fsp3) is 0.214. The van der Waals surface area contributed by atoms with Crippen molar-refractivity contribution < 1.29 is 9.21 Å². The fourth-order valence-corrected chi connectivity index (χ4v) is 1.82. The summed E-state index contributed by atoms with van der Waals surface area (Å²) in [5.41, 5.74) is 7.69. The van der Waals surface area contributed by atoms with Crippen LogP contribution in [0.2, 0.25) is 0 Å². The van der Waals surface area contributed by atoms with E-state index in [1.165, 1.54) is 0 Å². The van der Waals surface area contributed by atoms with E-state index in [0.717, 1.165) is 17.0 Å². The number of anilines is 1. The van der Waals surface area contributed by atoms with E-state index in [4.69, 9.17) is 10.2 Å². The molecule has 2 aromatic rings. The van der Waals surface area contributed by atoms with Gasteiger partial charge in [0.05, 0.1) is 12.3 Å². The van der Waals surface area contributed by atoms with E-state index < -0.39 is 5.91 Å².